The Morgan fingerprint density at radius 2 is 1.94 bits per heavy atom. The molecular weight excluding hydrogens is 234 g/mol. The van der Waals surface area contributed by atoms with Gasteiger partial charge in [0.25, 0.3) is 5.56 Å². The fourth-order valence-corrected chi connectivity index (χ4v) is 2.93. The van der Waals surface area contributed by atoms with Crippen molar-refractivity contribution in [3.05, 3.63) is 33.1 Å². The van der Waals surface area contributed by atoms with E-state index in [0.717, 1.165) is 25.9 Å². The molecule has 6 nitrogen and oxygen atoms in total. The zero-order valence-electron chi connectivity index (χ0n) is 9.96. The van der Waals surface area contributed by atoms with E-state index in [1.54, 1.807) is 0 Å². The largest absolute Gasteiger partial charge is 0.328 e. The van der Waals surface area contributed by atoms with Crippen LogP contribution in [-0.2, 0) is 11.3 Å². The third-order valence-corrected chi connectivity index (χ3v) is 3.97. The van der Waals surface area contributed by atoms with Crippen LogP contribution in [0.25, 0.3) is 0 Å². The van der Waals surface area contributed by atoms with Crippen LogP contribution >= 0.6 is 0 Å². The smallest absolute Gasteiger partial charge is 0.299 e. The van der Waals surface area contributed by atoms with Gasteiger partial charge in [-0.1, -0.05) is 0 Å². The highest BCUT2D eigenvalue weighted by Crippen LogP contribution is 2.29. The molecule has 2 bridgehead atoms. The van der Waals surface area contributed by atoms with Crippen LogP contribution in [0.5, 0.6) is 0 Å². The third kappa shape index (κ3) is 1.82. The minimum atomic E-state index is -0.446. The van der Waals surface area contributed by atoms with Crippen molar-refractivity contribution in [2.24, 2.45) is 5.92 Å². The molecule has 3 aliphatic heterocycles. The van der Waals surface area contributed by atoms with Crippen LogP contribution in [0, 0.1) is 5.92 Å². The average molecular weight is 249 g/mol. The van der Waals surface area contributed by atoms with Crippen LogP contribution in [-0.4, -0.2) is 39.4 Å². The summed E-state index contributed by atoms with van der Waals surface area (Å²) in [4.78, 5) is 39.1. The number of aromatic nitrogens is 2. The number of hydrogen-bond acceptors (Lipinski definition) is 4. The number of ketones is 1. The quantitative estimate of drug-likeness (QED) is 0.744. The van der Waals surface area contributed by atoms with E-state index in [4.69, 9.17) is 0 Å². The van der Waals surface area contributed by atoms with Crippen molar-refractivity contribution in [3.8, 4) is 0 Å². The number of nitrogens with zero attached hydrogens (tertiary/aromatic N) is 2. The van der Waals surface area contributed by atoms with Crippen molar-refractivity contribution in [2.45, 2.75) is 25.4 Å². The molecule has 3 saturated heterocycles. The summed E-state index contributed by atoms with van der Waals surface area (Å²) in [5, 5.41) is 0. The van der Waals surface area contributed by atoms with Gasteiger partial charge in [0.2, 0.25) is 0 Å². The fraction of sp³-hybridized carbons (Fsp3) is 0.583. The molecule has 1 N–H and O–H groups in total. The van der Waals surface area contributed by atoms with E-state index in [0.29, 0.717) is 6.54 Å². The van der Waals surface area contributed by atoms with Gasteiger partial charge in [0.1, 0.15) is 0 Å². The molecular formula is C12H15N3O3. The molecule has 1 aromatic heterocycles. The molecule has 0 radical (unpaired) electrons. The zero-order valence-corrected chi connectivity index (χ0v) is 9.96. The molecule has 1 aromatic rings. The average Bonchev–Trinajstić information content (AvgIpc) is 2.37. The first-order chi connectivity index (χ1) is 8.65. The first-order valence-corrected chi connectivity index (χ1v) is 6.23. The number of nitrogens with one attached hydrogen (secondary N) is 1. The highest BCUT2D eigenvalue weighted by Gasteiger charge is 2.40. The summed E-state index contributed by atoms with van der Waals surface area (Å²) in [6.45, 7) is 2.20. The number of carbonyl (C=O) groups excluding carboxylic acids is 1. The molecule has 1 unspecified atom stereocenters. The molecule has 0 saturated carbocycles. The standard InChI is InChI=1S/C12H15N3O3/c16-10-3-6-15(12(18)13-10)7-9-11(17)8-1-4-14(9)5-2-8/h3,6,8-9H,1-2,4-5,7H2,(H,13,16,18). The summed E-state index contributed by atoms with van der Waals surface area (Å²) in [5.41, 5.74) is -0.856. The van der Waals surface area contributed by atoms with Crippen LogP contribution in [0.1, 0.15) is 12.8 Å². The number of fused-ring (bicyclic) bond motifs is 3. The molecule has 4 rings (SSSR count). The van der Waals surface area contributed by atoms with E-state index in [9.17, 15) is 14.4 Å². The van der Waals surface area contributed by atoms with Crippen LogP contribution < -0.4 is 11.2 Å². The minimum Gasteiger partial charge on any atom is -0.299 e. The molecule has 6 heteroatoms. The van der Waals surface area contributed by atoms with Crippen molar-refractivity contribution in [3.63, 3.8) is 0 Å². The summed E-state index contributed by atoms with van der Waals surface area (Å²) >= 11 is 0. The van der Waals surface area contributed by atoms with E-state index in [2.05, 4.69) is 9.88 Å². The second-order valence-electron chi connectivity index (χ2n) is 4.99. The highest BCUT2D eigenvalue weighted by molar-refractivity contribution is 5.87. The van der Waals surface area contributed by atoms with Gasteiger partial charge in [0.05, 0.1) is 6.04 Å². The zero-order chi connectivity index (χ0) is 12.7. The van der Waals surface area contributed by atoms with Crippen LogP contribution in [0.4, 0.5) is 0 Å². The fourth-order valence-electron chi connectivity index (χ4n) is 2.93. The lowest BCUT2D eigenvalue weighted by atomic mass is 9.82. The maximum Gasteiger partial charge on any atom is 0.328 e. The Bertz CT molecular complexity index is 581. The summed E-state index contributed by atoms with van der Waals surface area (Å²) in [6.07, 6.45) is 3.34. The number of piperidine rings is 3. The lowest BCUT2D eigenvalue weighted by Gasteiger charge is -2.44. The predicted octanol–water partition coefficient (Wildman–Crippen LogP) is -0.800. The number of rotatable bonds is 2. The number of hydrogen-bond donors (Lipinski definition) is 1. The first kappa shape index (κ1) is 11.4. The maximum absolute atomic E-state index is 12.1. The lowest BCUT2D eigenvalue weighted by molar-refractivity contribution is -0.137. The van der Waals surface area contributed by atoms with E-state index in [1.807, 2.05) is 0 Å². The lowest BCUT2D eigenvalue weighted by Crippen LogP contribution is -2.57. The molecule has 0 amide bonds. The highest BCUT2D eigenvalue weighted by atomic mass is 16.2. The first-order valence-electron chi connectivity index (χ1n) is 6.23. The number of Topliss-reactive ketones (excluding diaryl/α,β-unsaturated/α-hetero) is 1. The Labute approximate surface area is 103 Å². The maximum atomic E-state index is 12.1. The van der Waals surface area contributed by atoms with Gasteiger partial charge in [-0.25, -0.2) is 4.79 Å². The van der Waals surface area contributed by atoms with Gasteiger partial charge >= 0.3 is 5.69 Å². The van der Waals surface area contributed by atoms with E-state index in [1.165, 1.54) is 16.8 Å². The molecule has 96 valence electrons. The molecule has 4 heterocycles. The van der Waals surface area contributed by atoms with Crippen molar-refractivity contribution in [1.82, 2.24) is 14.5 Å². The third-order valence-electron chi connectivity index (χ3n) is 3.97. The summed E-state index contributed by atoms with van der Waals surface area (Å²) in [5.74, 6) is 0.407. The van der Waals surface area contributed by atoms with Crippen LogP contribution in [0.3, 0.4) is 0 Å². The molecule has 3 fully saturated rings. The molecule has 0 aromatic carbocycles. The Kier molecular flexibility index (Phi) is 2.66. The van der Waals surface area contributed by atoms with Crippen molar-refractivity contribution >= 4 is 5.78 Å². The Hall–Kier alpha value is -1.69. The monoisotopic (exact) mass is 249 g/mol. The van der Waals surface area contributed by atoms with Crippen molar-refractivity contribution in [2.75, 3.05) is 13.1 Å². The van der Waals surface area contributed by atoms with Gasteiger partial charge in [-0.15, -0.1) is 0 Å². The Morgan fingerprint density at radius 3 is 2.56 bits per heavy atom. The van der Waals surface area contributed by atoms with Crippen molar-refractivity contribution in [1.29, 1.82) is 0 Å². The summed E-state index contributed by atoms with van der Waals surface area (Å²) < 4.78 is 1.41. The molecule has 3 aliphatic rings. The number of aromatic amines is 1. The molecule has 0 spiro atoms. The molecule has 1 atom stereocenters. The van der Waals surface area contributed by atoms with Gasteiger partial charge in [-0.2, -0.15) is 0 Å². The van der Waals surface area contributed by atoms with Gasteiger partial charge in [-0.3, -0.25) is 24.0 Å². The Balaban J connectivity index is 1.86. The summed E-state index contributed by atoms with van der Waals surface area (Å²) in [6, 6.07) is 1.10. The summed E-state index contributed by atoms with van der Waals surface area (Å²) in [7, 11) is 0. The van der Waals surface area contributed by atoms with Gasteiger partial charge in [0.15, 0.2) is 5.78 Å². The second kappa shape index (κ2) is 4.20. The normalized spacial score (nSPS) is 30.7. The number of H-pyrrole nitrogens is 1. The van der Waals surface area contributed by atoms with E-state index >= 15 is 0 Å². The van der Waals surface area contributed by atoms with Gasteiger partial charge < -0.3 is 0 Å². The van der Waals surface area contributed by atoms with E-state index in [-0.39, 0.29) is 17.7 Å². The SMILES string of the molecule is O=C1C2CCN(CC2)C1Cn1ccc(=O)[nH]c1=O. The van der Waals surface area contributed by atoms with Crippen LogP contribution in [0.15, 0.2) is 21.9 Å². The number of carbonyl (C=O) groups is 1. The van der Waals surface area contributed by atoms with Crippen LogP contribution in [0.2, 0.25) is 0 Å². The topological polar surface area (TPSA) is 75.2 Å². The molecule has 0 aliphatic carbocycles. The minimum absolute atomic E-state index is 0.165. The van der Waals surface area contributed by atoms with Gasteiger partial charge in [0, 0.05) is 24.7 Å². The predicted molar refractivity (Wildman–Crippen MR) is 64.4 cm³/mol. The van der Waals surface area contributed by atoms with E-state index < -0.39 is 11.2 Å². The second-order valence-corrected chi connectivity index (χ2v) is 4.99. The van der Waals surface area contributed by atoms with Crippen molar-refractivity contribution < 1.29 is 4.79 Å². The van der Waals surface area contributed by atoms with Gasteiger partial charge in [-0.05, 0) is 25.9 Å². The Morgan fingerprint density at radius 1 is 1.22 bits per heavy atom. The molecule has 18 heavy (non-hydrogen) atoms.